The molecule has 0 aliphatic carbocycles. The van der Waals surface area contributed by atoms with E-state index in [9.17, 15) is 33.6 Å². The Morgan fingerprint density at radius 3 is 1.39 bits per heavy atom. The first-order valence-electron chi connectivity index (χ1n) is 20.3. The number of hydrogen-bond donors (Lipinski definition) is 12. The van der Waals surface area contributed by atoms with Gasteiger partial charge < -0.3 is 65.5 Å². The molecule has 0 spiro atoms. The van der Waals surface area contributed by atoms with Gasteiger partial charge in [-0.2, -0.15) is 0 Å². The van der Waals surface area contributed by atoms with Gasteiger partial charge in [-0.25, -0.2) is 9.59 Å². The molecule has 57 heavy (non-hydrogen) atoms. The number of carbonyl (C=O) groups excluding carboxylic acids is 3. The van der Waals surface area contributed by atoms with Gasteiger partial charge in [0.25, 0.3) is 0 Å². The van der Waals surface area contributed by atoms with E-state index in [0.29, 0.717) is 38.8 Å². The molecule has 4 amide bonds. The Kier molecular flexibility index (Phi) is 43.5. The lowest BCUT2D eigenvalue weighted by atomic mass is 10.0. The Morgan fingerprint density at radius 2 is 1.05 bits per heavy atom. The fraction of sp³-hybridized carbons (Fsp3) is 0.816. The number of nitrogens with two attached hydrogens (primary N) is 6. The first-order chi connectivity index (χ1) is 26.8. The predicted octanol–water partition coefficient (Wildman–Crippen LogP) is 2.73. The molecule has 5 atom stereocenters. The van der Waals surface area contributed by atoms with Crippen LogP contribution in [0.15, 0.2) is 0 Å². The average molecular weight is 823 g/mol. The van der Waals surface area contributed by atoms with Crippen molar-refractivity contribution in [3.8, 4) is 0 Å². The number of carbonyl (C=O) groups is 7. The van der Waals surface area contributed by atoms with E-state index >= 15 is 0 Å². The van der Waals surface area contributed by atoms with Crippen molar-refractivity contribution in [1.82, 2.24) is 10.6 Å². The molecule has 0 fully saturated rings. The summed E-state index contributed by atoms with van der Waals surface area (Å²) in [5.74, 6) is -4.89. The maximum atomic E-state index is 11.9. The van der Waals surface area contributed by atoms with Crippen LogP contribution in [-0.4, -0.2) is 99.4 Å². The molecule has 0 heterocycles. The van der Waals surface area contributed by atoms with Crippen LogP contribution in [0.1, 0.15) is 156 Å². The van der Waals surface area contributed by atoms with Crippen LogP contribution >= 0.6 is 0 Å². The summed E-state index contributed by atoms with van der Waals surface area (Å²) in [7, 11) is 0. The van der Waals surface area contributed by atoms with Crippen LogP contribution in [-0.2, 0) is 28.8 Å². The smallest absolute Gasteiger partial charge is 0.326 e. The second kappa shape index (κ2) is 41.6. The summed E-state index contributed by atoms with van der Waals surface area (Å²) in [5, 5.41) is 38.9. The number of carboxylic acid groups (broad SMARTS) is 4. The van der Waals surface area contributed by atoms with E-state index in [1.54, 1.807) is 0 Å². The van der Waals surface area contributed by atoms with E-state index in [0.717, 1.165) is 32.1 Å². The third-order valence-corrected chi connectivity index (χ3v) is 8.68. The zero-order valence-electron chi connectivity index (χ0n) is 34.8. The van der Waals surface area contributed by atoms with Gasteiger partial charge in [-0.3, -0.25) is 24.0 Å². The van der Waals surface area contributed by atoms with Crippen molar-refractivity contribution in [2.24, 2.45) is 40.3 Å². The van der Waals surface area contributed by atoms with Crippen LogP contribution in [0.3, 0.4) is 0 Å². The molecule has 0 bridgehead atoms. The summed E-state index contributed by atoms with van der Waals surface area (Å²) in [6, 6.07) is -4.11. The molecule has 336 valence electrons. The summed E-state index contributed by atoms with van der Waals surface area (Å²) in [4.78, 5) is 73.5. The molecule has 0 saturated heterocycles. The zero-order chi connectivity index (χ0) is 44.6. The quantitative estimate of drug-likeness (QED) is 0.0447. The maximum absolute atomic E-state index is 11.9. The van der Waals surface area contributed by atoms with Gasteiger partial charge in [-0.1, -0.05) is 104 Å². The molecule has 19 heteroatoms. The monoisotopic (exact) mass is 823 g/mol. The lowest BCUT2D eigenvalue weighted by Gasteiger charge is -2.14. The maximum Gasteiger partial charge on any atom is 0.326 e. The summed E-state index contributed by atoms with van der Waals surface area (Å²) >= 11 is 0. The number of primary amides is 2. The van der Waals surface area contributed by atoms with Crippen molar-refractivity contribution < 1.29 is 54.0 Å². The molecular weight excluding hydrogens is 744 g/mol. The predicted molar refractivity (Wildman–Crippen MR) is 220 cm³/mol. The minimum absolute atomic E-state index is 0.0718. The van der Waals surface area contributed by atoms with Crippen molar-refractivity contribution >= 4 is 41.7 Å². The van der Waals surface area contributed by atoms with Crippen LogP contribution in [0.2, 0.25) is 0 Å². The van der Waals surface area contributed by atoms with Crippen LogP contribution < -0.4 is 45.0 Å². The normalized spacial score (nSPS) is 12.9. The number of rotatable bonds is 31. The third kappa shape index (κ3) is 46.2. The third-order valence-electron chi connectivity index (χ3n) is 8.68. The second-order valence-corrected chi connectivity index (χ2v) is 14.0. The van der Waals surface area contributed by atoms with Gasteiger partial charge in [0, 0.05) is 13.0 Å². The van der Waals surface area contributed by atoms with Crippen LogP contribution in [0.25, 0.3) is 0 Å². The van der Waals surface area contributed by atoms with Gasteiger partial charge in [0.05, 0.1) is 6.42 Å². The lowest BCUT2D eigenvalue weighted by Crippen LogP contribution is -2.40. The second-order valence-electron chi connectivity index (χ2n) is 14.0. The minimum Gasteiger partial charge on any atom is -0.480 e. The molecule has 0 aromatic carbocycles. The molecule has 18 N–H and O–H groups in total. The Bertz CT molecular complexity index is 1090. The van der Waals surface area contributed by atoms with Gasteiger partial charge in [-0.05, 0) is 51.0 Å². The van der Waals surface area contributed by atoms with Crippen molar-refractivity contribution in [1.29, 1.82) is 0 Å². The summed E-state index contributed by atoms with van der Waals surface area (Å²) < 4.78 is 0. The molecule has 0 aromatic rings. The minimum atomic E-state index is -1.21. The van der Waals surface area contributed by atoms with Crippen molar-refractivity contribution in [3.63, 3.8) is 0 Å². The number of unbranched alkanes of at least 4 members (excludes halogenated alkanes) is 13. The summed E-state index contributed by atoms with van der Waals surface area (Å²) in [6.07, 6.45) is 20.3. The molecule has 19 nitrogen and oxygen atoms in total. The van der Waals surface area contributed by atoms with Crippen molar-refractivity contribution in [2.45, 2.75) is 180 Å². The van der Waals surface area contributed by atoms with E-state index in [1.807, 2.05) is 13.8 Å². The number of carboxylic acids is 4. The van der Waals surface area contributed by atoms with Gasteiger partial charge in [0.2, 0.25) is 11.8 Å². The van der Waals surface area contributed by atoms with E-state index in [1.165, 1.54) is 70.6 Å². The molecule has 0 aliphatic rings. The van der Waals surface area contributed by atoms with Crippen molar-refractivity contribution in [3.05, 3.63) is 0 Å². The lowest BCUT2D eigenvalue weighted by molar-refractivity contribution is -0.142. The number of nitrogens with one attached hydrogen (secondary N) is 2. The van der Waals surface area contributed by atoms with Gasteiger partial charge in [0.1, 0.15) is 24.2 Å². The molecule has 0 aromatic heterocycles. The topological polar surface area (TPSA) is 381 Å². The number of hydrogen-bond acceptors (Lipinski definition) is 11. The van der Waals surface area contributed by atoms with Gasteiger partial charge >= 0.3 is 29.9 Å². The average Bonchev–Trinajstić information content (AvgIpc) is 3.14. The first-order valence-corrected chi connectivity index (χ1v) is 20.3. The number of amides is 4. The highest BCUT2D eigenvalue weighted by molar-refractivity contribution is 5.83. The SMILES string of the molecule is CCCCCCCCCCCCCCCC(=O)N[C@@H](CCCCN)C(=O)O.CC[C@H](C)[C@H](N)C(=O)O.NC(=O)C[C@H](N)C(=O)O.NC(=O)NCCC[C@H](N)C(=O)O. The molecular formula is C38H78N8O11. The van der Waals surface area contributed by atoms with Gasteiger partial charge in [-0.15, -0.1) is 0 Å². The van der Waals surface area contributed by atoms with Crippen molar-refractivity contribution in [2.75, 3.05) is 13.1 Å². The highest BCUT2D eigenvalue weighted by Gasteiger charge is 2.19. The Labute approximate surface area is 339 Å². The summed E-state index contributed by atoms with van der Waals surface area (Å²) in [5.41, 5.74) is 30.2. The molecule has 0 aliphatic heterocycles. The molecule has 0 unspecified atom stereocenters. The zero-order valence-corrected chi connectivity index (χ0v) is 34.8. The molecule has 0 saturated carbocycles. The highest BCUT2D eigenvalue weighted by atomic mass is 16.4. The van der Waals surface area contributed by atoms with Crippen LogP contribution in [0.5, 0.6) is 0 Å². The largest absolute Gasteiger partial charge is 0.480 e. The highest BCUT2D eigenvalue weighted by Crippen LogP contribution is 2.13. The fourth-order valence-corrected chi connectivity index (χ4v) is 4.78. The molecule has 0 radical (unpaired) electrons. The standard InChI is InChI=1S/C22H44N2O3.C6H13N3O3.C6H13NO2.C4H8N2O3/c1-2-3-4-5-6-7-8-9-10-11-12-13-14-18-21(25)24-20(22(26)27)17-15-16-19-23;7-4(5(10)11)2-1-3-9-6(8)12;1-3-4(2)5(7)6(8)9;5-2(4(8)9)1-3(6)7/h20H,2-19,23H2,1H3,(H,24,25)(H,26,27);4H,1-3,7H2,(H,10,11)(H3,8,9,12);4-5H,3,7H2,1-2H3,(H,8,9);2H,1,5H2,(H2,6,7)(H,8,9)/t20-;4-;4-,5-;2-/m0000/s1. The van der Waals surface area contributed by atoms with E-state index < -0.39 is 60.0 Å². The number of urea groups is 1. The Balaban J connectivity index is -0.000000383. The van der Waals surface area contributed by atoms with Crippen LogP contribution in [0, 0.1) is 5.92 Å². The van der Waals surface area contributed by atoms with Crippen LogP contribution in [0.4, 0.5) is 4.79 Å². The Hall–Kier alpha value is -4.07. The summed E-state index contributed by atoms with van der Waals surface area (Å²) in [6.45, 7) is 6.92. The number of aliphatic carboxylic acids is 4. The first kappa shape index (κ1) is 59.6. The van der Waals surface area contributed by atoms with Gasteiger partial charge in [0.15, 0.2) is 0 Å². The fourth-order valence-electron chi connectivity index (χ4n) is 4.78. The van der Waals surface area contributed by atoms with E-state index in [2.05, 4.69) is 23.3 Å². The van der Waals surface area contributed by atoms with E-state index in [-0.39, 0.29) is 18.2 Å². The molecule has 0 rings (SSSR count). The Morgan fingerprint density at radius 1 is 0.579 bits per heavy atom. The van der Waals surface area contributed by atoms with E-state index in [4.69, 9.17) is 49.1 Å².